The number of halogens is 6. The molecule has 2 aromatic heterocycles. The Labute approximate surface area is 225 Å². The Morgan fingerprint density at radius 2 is 1.70 bits per heavy atom. The molecule has 2 aromatic rings. The maximum absolute atomic E-state index is 10.6. The number of hydrogen-bond acceptors (Lipinski definition) is 7. The van der Waals surface area contributed by atoms with Crippen LogP contribution < -0.4 is 0 Å². The van der Waals surface area contributed by atoms with Crippen LogP contribution >= 0.6 is 0 Å². The highest BCUT2D eigenvalue weighted by Crippen LogP contribution is 2.31. The van der Waals surface area contributed by atoms with Gasteiger partial charge in [-0.25, -0.2) is 9.59 Å². The van der Waals surface area contributed by atoms with Crippen LogP contribution in [-0.2, 0) is 38.7 Å². The molecule has 2 aliphatic heterocycles. The van der Waals surface area contributed by atoms with Crippen LogP contribution in [0.1, 0.15) is 42.5 Å². The summed E-state index contributed by atoms with van der Waals surface area (Å²) in [5, 5.41) is 19.0. The molecule has 226 valence electrons. The second-order valence-electron chi connectivity index (χ2n) is 9.06. The topological polar surface area (TPSA) is 127 Å². The SMILES string of the molecule is CCOCC1CN(Cc2ccoc2)Cc2cnn(CC3CCOCC3)c21.O=C(O)C(F)(F)F.O=C(O)C(F)(F)F. The lowest BCUT2D eigenvalue weighted by Crippen LogP contribution is -2.36. The van der Waals surface area contributed by atoms with Crippen LogP contribution in [-0.4, -0.2) is 82.2 Å². The van der Waals surface area contributed by atoms with E-state index in [1.807, 2.05) is 12.3 Å². The Kier molecular flexibility index (Phi) is 12.4. The number of aliphatic carboxylic acids is 2. The van der Waals surface area contributed by atoms with E-state index in [-0.39, 0.29) is 0 Å². The third kappa shape index (κ3) is 10.8. The molecule has 0 aromatic carbocycles. The highest BCUT2D eigenvalue weighted by atomic mass is 19.4. The third-order valence-electron chi connectivity index (χ3n) is 5.99. The van der Waals surface area contributed by atoms with Crippen molar-refractivity contribution in [2.24, 2.45) is 5.92 Å². The Morgan fingerprint density at radius 3 is 2.20 bits per heavy atom. The first kappa shape index (κ1) is 33.1. The van der Waals surface area contributed by atoms with Gasteiger partial charge >= 0.3 is 24.3 Å². The zero-order valence-corrected chi connectivity index (χ0v) is 21.6. The van der Waals surface area contributed by atoms with Crippen LogP contribution in [0.5, 0.6) is 0 Å². The third-order valence-corrected chi connectivity index (χ3v) is 5.99. The summed E-state index contributed by atoms with van der Waals surface area (Å²) in [6, 6.07) is 2.04. The average Bonchev–Trinajstić information content (AvgIpc) is 3.53. The number of furan rings is 1. The zero-order valence-electron chi connectivity index (χ0n) is 21.6. The highest BCUT2D eigenvalue weighted by molar-refractivity contribution is 5.73. The minimum Gasteiger partial charge on any atom is -0.475 e. The fraction of sp³-hybridized carbons (Fsp3) is 0.625. The summed E-state index contributed by atoms with van der Waals surface area (Å²) in [6.07, 6.45) is -2.25. The summed E-state index contributed by atoms with van der Waals surface area (Å²) < 4.78 is 82.3. The maximum Gasteiger partial charge on any atom is 0.490 e. The van der Waals surface area contributed by atoms with E-state index < -0.39 is 24.3 Å². The summed E-state index contributed by atoms with van der Waals surface area (Å²) in [7, 11) is 0. The highest BCUT2D eigenvalue weighted by Gasteiger charge is 2.39. The van der Waals surface area contributed by atoms with Crippen molar-refractivity contribution in [1.29, 1.82) is 0 Å². The monoisotopic (exact) mass is 587 g/mol. The van der Waals surface area contributed by atoms with E-state index in [1.165, 1.54) is 16.8 Å². The minimum absolute atomic E-state index is 0.368. The number of alkyl halides is 6. The van der Waals surface area contributed by atoms with Crippen LogP contribution in [0.15, 0.2) is 29.2 Å². The predicted molar refractivity (Wildman–Crippen MR) is 125 cm³/mol. The van der Waals surface area contributed by atoms with E-state index in [0.717, 1.165) is 65.4 Å². The number of ether oxygens (including phenoxy) is 2. The molecule has 1 saturated heterocycles. The molecule has 4 heterocycles. The van der Waals surface area contributed by atoms with Gasteiger partial charge in [0.05, 0.1) is 25.3 Å². The predicted octanol–water partition coefficient (Wildman–Crippen LogP) is 4.31. The van der Waals surface area contributed by atoms with Gasteiger partial charge in [-0.3, -0.25) is 9.58 Å². The number of carboxylic acids is 2. The van der Waals surface area contributed by atoms with Gasteiger partial charge in [0.15, 0.2) is 0 Å². The molecule has 10 nitrogen and oxygen atoms in total. The number of carboxylic acid groups (broad SMARTS) is 2. The summed E-state index contributed by atoms with van der Waals surface area (Å²) in [5.41, 5.74) is 3.95. The van der Waals surface area contributed by atoms with Crippen molar-refractivity contribution in [3.63, 3.8) is 0 Å². The number of hydrogen-bond donors (Lipinski definition) is 2. The van der Waals surface area contributed by atoms with E-state index in [9.17, 15) is 26.3 Å². The number of fused-ring (bicyclic) bond motifs is 1. The minimum atomic E-state index is -5.08. The fourth-order valence-corrected chi connectivity index (χ4v) is 4.20. The van der Waals surface area contributed by atoms with Gasteiger partial charge in [-0.05, 0) is 31.7 Å². The van der Waals surface area contributed by atoms with Crippen molar-refractivity contribution in [1.82, 2.24) is 14.7 Å². The van der Waals surface area contributed by atoms with Crippen molar-refractivity contribution >= 4 is 11.9 Å². The normalized spacial score (nSPS) is 18.1. The second kappa shape index (κ2) is 15.0. The van der Waals surface area contributed by atoms with Gasteiger partial charge in [0, 0.05) is 68.7 Å². The largest absolute Gasteiger partial charge is 0.490 e. The van der Waals surface area contributed by atoms with Crippen LogP contribution in [0.25, 0.3) is 0 Å². The van der Waals surface area contributed by atoms with Gasteiger partial charge < -0.3 is 24.1 Å². The van der Waals surface area contributed by atoms with Gasteiger partial charge in [0.25, 0.3) is 0 Å². The van der Waals surface area contributed by atoms with Crippen molar-refractivity contribution in [2.45, 2.75) is 57.7 Å². The lowest BCUT2D eigenvalue weighted by Gasteiger charge is -2.33. The first-order valence-corrected chi connectivity index (χ1v) is 12.3. The number of carbonyl (C=O) groups is 2. The Bertz CT molecular complexity index is 1030. The number of rotatable bonds is 7. The van der Waals surface area contributed by atoms with E-state index >= 15 is 0 Å². The van der Waals surface area contributed by atoms with Crippen molar-refractivity contribution in [3.05, 3.63) is 41.6 Å². The van der Waals surface area contributed by atoms with Crippen LogP contribution in [0, 0.1) is 5.92 Å². The molecule has 0 aliphatic carbocycles. The lowest BCUT2D eigenvalue weighted by atomic mass is 9.95. The molecule has 0 spiro atoms. The van der Waals surface area contributed by atoms with Gasteiger partial charge in [-0.15, -0.1) is 0 Å². The standard InChI is InChI=1S/C20H29N3O3.2C2HF3O2/c1-2-24-15-19-13-22(10-17-5-8-26-14-17)12-18-9-21-23(20(18)19)11-16-3-6-25-7-4-16;2*3-2(4,5)1(6)7/h5,8-9,14,16,19H,2-4,6-7,10-13,15H2,1H3;2*(H,6,7). The smallest absolute Gasteiger partial charge is 0.475 e. The molecular formula is C24H31F6N3O7. The van der Waals surface area contributed by atoms with Crippen molar-refractivity contribution in [3.8, 4) is 0 Å². The fourth-order valence-electron chi connectivity index (χ4n) is 4.20. The van der Waals surface area contributed by atoms with Gasteiger partial charge in [-0.2, -0.15) is 31.4 Å². The molecule has 0 radical (unpaired) electrons. The molecule has 16 heteroatoms. The van der Waals surface area contributed by atoms with Crippen LogP contribution in [0.4, 0.5) is 26.3 Å². The van der Waals surface area contributed by atoms with Gasteiger partial charge in [-0.1, -0.05) is 0 Å². The molecule has 4 rings (SSSR count). The summed E-state index contributed by atoms with van der Waals surface area (Å²) in [6.45, 7) is 9.18. The molecule has 1 fully saturated rings. The molecule has 1 atom stereocenters. The summed E-state index contributed by atoms with van der Waals surface area (Å²) >= 11 is 0. The zero-order chi connectivity index (χ0) is 29.9. The Hall–Kier alpha value is -3.11. The average molecular weight is 588 g/mol. The molecule has 0 bridgehead atoms. The number of aromatic nitrogens is 2. The first-order chi connectivity index (χ1) is 18.7. The molecule has 0 saturated carbocycles. The number of nitrogens with zero attached hydrogens (tertiary/aromatic N) is 3. The molecular weight excluding hydrogens is 556 g/mol. The van der Waals surface area contributed by atoms with E-state index in [0.29, 0.717) is 11.8 Å². The first-order valence-electron chi connectivity index (χ1n) is 12.3. The van der Waals surface area contributed by atoms with Gasteiger partial charge in [0.2, 0.25) is 0 Å². The molecule has 40 heavy (non-hydrogen) atoms. The molecule has 1 unspecified atom stereocenters. The van der Waals surface area contributed by atoms with Crippen molar-refractivity contribution in [2.75, 3.05) is 33.0 Å². The maximum atomic E-state index is 10.6. The molecule has 2 N–H and O–H groups in total. The lowest BCUT2D eigenvalue weighted by molar-refractivity contribution is -0.193. The van der Waals surface area contributed by atoms with Crippen LogP contribution in [0.3, 0.4) is 0 Å². The summed E-state index contributed by atoms with van der Waals surface area (Å²) in [4.78, 5) is 20.3. The van der Waals surface area contributed by atoms with Crippen LogP contribution in [0.2, 0.25) is 0 Å². The van der Waals surface area contributed by atoms with E-state index in [4.69, 9.17) is 38.8 Å². The Morgan fingerprint density at radius 1 is 1.10 bits per heavy atom. The Balaban J connectivity index is 0.000000333. The second-order valence-corrected chi connectivity index (χ2v) is 9.06. The molecule has 2 aliphatic rings. The summed E-state index contributed by atoms with van der Waals surface area (Å²) in [5.74, 6) is -4.47. The van der Waals surface area contributed by atoms with Crippen molar-refractivity contribution < 1.29 is 60.0 Å². The van der Waals surface area contributed by atoms with E-state index in [2.05, 4.69) is 22.7 Å². The van der Waals surface area contributed by atoms with Gasteiger partial charge in [0.1, 0.15) is 0 Å². The quantitative estimate of drug-likeness (QED) is 0.456. The van der Waals surface area contributed by atoms with E-state index in [1.54, 1.807) is 6.26 Å². The molecule has 0 amide bonds.